The van der Waals surface area contributed by atoms with Gasteiger partial charge in [-0.25, -0.2) is 0 Å². The average molecular weight is 455 g/mol. The maximum Gasteiger partial charge on any atom is 0.254 e. The van der Waals surface area contributed by atoms with E-state index in [1.807, 2.05) is 90.3 Å². The Balaban J connectivity index is 1.42. The number of fused-ring (bicyclic) bond motifs is 1. The maximum atomic E-state index is 13.6. The standard InChI is InChI=1S/C27H22N2O3S/c1-29-25(23-12-7-17-33-23)24(21-10-5-6-11-22(21)27(29)31)26(30)28-18-13-15-20(16-14-18)32-19-8-3-2-4-9-19/h2-17,24-25H,1H3,(H,28,30). The molecule has 5 rings (SSSR count). The number of hydrogen-bond acceptors (Lipinski definition) is 4. The number of carbonyl (C=O) groups excluding carboxylic acids is 2. The lowest BCUT2D eigenvalue weighted by atomic mass is 9.81. The Morgan fingerprint density at radius 1 is 0.879 bits per heavy atom. The minimum absolute atomic E-state index is 0.0736. The monoisotopic (exact) mass is 454 g/mol. The van der Waals surface area contributed by atoms with Crippen molar-refractivity contribution >= 4 is 28.8 Å². The number of hydrogen-bond donors (Lipinski definition) is 1. The molecule has 2 atom stereocenters. The number of likely N-dealkylation sites (N-methyl/N-ethyl adjacent to an activating group) is 1. The molecule has 6 heteroatoms. The molecule has 0 fully saturated rings. The SMILES string of the molecule is CN1C(=O)c2ccccc2C(C(=O)Nc2ccc(Oc3ccccc3)cc2)C1c1cccs1. The van der Waals surface area contributed by atoms with E-state index in [0.29, 0.717) is 17.0 Å². The van der Waals surface area contributed by atoms with Gasteiger partial charge < -0.3 is 15.0 Å². The van der Waals surface area contributed by atoms with Crippen LogP contribution in [0.3, 0.4) is 0 Å². The van der Waals surface area contributed by atoms with Crippen LogP contribution in [0.15, 0.2) is 96.4 Å². The maximum absolute atomic E-state index is 13.6. The van der Waals surface area contributed by atoms with Crippen molar-refractivity contribution in [2.75, 3.05) is 12.4 Å². The highest BCUT2D eigenvalue weighted by Crippen LogP contribution is 2.43. The number of benzene rings is 3. The Kier molecular flexibility index (Phi) is 5.67. The summed E-state index contributed by atoms with van der Waals surface area (Å²) in [5.41, 5.74) is 1.99. The number of anilines is 1. The van der Waals surface area contributed by atoms with E-state index < -0.39 is 5.92 Å². The van der Waals surface area contributed by atoms with Crippen molar-refractivity contribution in [2.24, 2.45) is 0 Å². The first-order valence-electron chi connectivity index (χ1n) is 10.6. The molecule has 33 heavy (non-hydrogen) atoms. The highest BCUT2D eigenvalue weighted by atomic mass is 32.1. The molecule has 3 aromatic carbocycles. The van der Waals surface area contributed by atoms with E-state index in [-0.39, 0.29) is 17.9 Å². The van der Waals surface area contributed by atoms with Crippen LogP contribution in [0.5, 0.6) is 11.5 Å². The van der Waals surface area contributed by atoms with Crippen LogP contribution in [0.2, 0.25) is 0 Å². The number of nitrogens with zero attached hydrogens (tertiary/aromatic N) is 1. The fourth-order valence-corrected chi connectivity index (χ4v) is 5.13. The zero-order valence-corrected chi connectivity index (χ0v) is 18.8. The number of rotatable bonds is 5. The van der Waals surface area contributed by atoms with Crippen LogP contribution in [0.1, 0.15) is 32.8 Å². The van der Waals surface area contributed by atoms with Crippen LogP contribution in [0.4, 0.5) is 5.69 Å². The zero-order chi connectivity index (χ0) is 22.8. The lowest BCUT2D eigenvalue weighted by molar-refractivity contribution is -0.119. The fourth-order valence-electron chi connectivity index (χ4n) is 4.22. The summed E-state index contributed by atoms with van der Waals surface area (Å²) in [5.74, 6) is 0.679. The van der Waals surface area contributed by atoms with Crippen LogP contribution in [-0.2, 0) is 4.79 Å². The second-order valence-corrected chi connectivity index (χ2v) is 8.85. The molecule has 1 aliphatic heterocycles. The number of thiophene rings is 1. The molecule has 0 bridgehead atoms. The molecule has 1 aromatic heterocycles. The summed E-state index contributed by atoms with van der Waals surface area (Å²) >= 11 is 1.55. The van der Waals surface area contributed by atoms with Crippen molar-refractivity contribution in [3.63, 3.8) is 0 Å². The molecule has 0 saturated heterocycles. The van der Waals surface area contributed by atoms with Crippen LogP contribution in [0, 0.1) is 0 Å². The van der Waals surface area contributed by atoms with Gasteiger partial charge in [-0.05, 0) is 59.5 Å². The topological polar surface area (TPSA) is 58.6 Å². The first-order valence-corrected chi connectivity index (χ1v) is 11.5. The molecule has 2 unspecified atom stereocenters. The molecule has 5 nitrogen and oxygen atoms in total. The Hall–Kier alpha value is -3.90. The first kappa shape index (κ1) is 21.0. The van der Waals surface area contributed by atoms with Gasteiger partial charge in [0.25, 0.3) is 5.91 Å². The normalized spacial score (nSPS) is 17.4. The van der Waals surface area contributed by atoms with Gasteiger partial charge in [-0.2, -0.15) is 0 Å². The molecular formula is C27H22N2O3S. The number of para-hydroxylation sites is 1. The number of ether oxygens (including phenoxy) is 1. The van der Waals surface area contributed by atoms with Gasteiger partial charge in [-0.1, -0.05) is 42.5 Å². The van der Waals surface area contributed by atoms with Crippen molar-refractivity contribution in [2.45, 2.75) is 12.0 Å². The predicted molar refractivity (Wildman–Crippen MR) is 130 cm³/mol. The summed E-state index contributed by atoms with van der Waals surface area (Å²) in [6.07, 6.45) is 0. The van der Waals surface area contributed by atoms with Gasteiger partial charge in [0.1, 0.15) is 11.5 Å². The van der Waals surface area contributed by atoms with Gasteiger partial charge in [-0.15, -0.1) is 11.3 Å². The van der Waals surface area contributed by atoms with Crippen LogP contribution in [-0.4, -0.2) is 23.8 Å². The second-order valence-electron chi connectivity index (χ2n) is 7.87. The van der Waals surface area contributed by atoms with E-state index in [0.717, 1.165) is 16.2 Å². The molecule has 2 amide bonds. The summed E-state index contributed by atoms with van der Waals surface area (Å²) in [7, 11) is 1.76. The van der Waals surface area contributed by atoms with Gasteiger partial charge in [0.2, 0.25) is 5.91 Å². The largest absolute Gasteiger partial charge is 0.457 e. The number of amides is 2. The van der Waals surface area contributed by atoms with Gasteiger partial charge in [0, 0.05) is 23.2 Å². The van der Waals surface area contributed by atoms with Crippen molar-refractivity contribution in [3.8, 4) is 11.5 Å². The Bertz CT molecular complexity index is 1270. The number of carbonyl (C=O) groups is 2. The lowest BCUT2D eigenvalue weighted by Gasteiger charge is -2.39. The fraction of sp³-hybridized carbons (Fsp3) is 0.111. The first-order chi connectivity index (χ1) is 16.1. The molecule has 2 heterocycles. The molecule has 4 aromatic rings. The summed E-state index contributed by atoms with van der Waals surface area (Å²) in [5, 5.41) is 5.01. The van der Waals surface area contributed by atoms with E-state index in [9.17, 15) is 9.59 Å². The van der Waals surface area contributed by atoms with E-state index in [2.05, 4.69) is 5.32 Å². The third kappa shape index (κ3) is 4.13. The van der Waals surface area contributed by atoms with Gasteiger partial charge in [-0.3, -0.25) is 9.59 Å². The van der Waals surface area contributed by atoms with Crippen molar-refractivity contribution in [1.29, 1.82) is 0 Å². The average Bonchev–Trinajstić information content (AvgIpc) is 3.37. The van der Waals surface area contributed by atoms with Gasteiger partial charge in [0.15, 0.2) is 0 Å². The summed E-state index contributed by atoms with van der Waals surface area (Å²) in [6, 6.07) is 27.7. The summed E-state index contributed by atoms with van der Waals surface area (Å²) in [6.45, 7) is 0. The summed E-state index contributed by atoms with van der Waals surface area (Å²) < 4.78 is 5.84. The number of nitrogens with one attached hydrogen (secondary N) is 1. The van der Waals surface area contributed by atoms with E-state index in [4.69, 9.17) is 4.74 Å². The smallest absolute Gasteiger partial charge is 0.254 e. The van der Waals surface area contributed by atoms with E-state index in [1.54, 1.807) is 29.4 Å². The van der Waals surface area contributed by atoms with Crippen LogP contribution in [0.25, 0.3) is 0 Å². The minimum atomic E-state index is -0.525. The van der Waals surface area contributed by atoms with Gasteiger partial charge >= 0.3 is 0 Å². The molecular weight excluding hydrogens is 432 g/mol. The van der Waals surface area contributed by atoms with Crippen molar-refractivity contribution < 1.29 is 14.3 Å². The zero-order valence-electron chi connectivity index (χ0n) is 18.0. The quantitative estimate of drug-likeness (QED) is 0.397. The molecule has 1 aliphatic rings. The predicted octanol–water partition coefficient (Wildman–Crippen LogP) is 6.09. The highest BCUT2D eigenvalue weighted by molar-refractivity contribution is 7.10. The van der Waals surface area contributed by atoms with Crippen molar-refractivity contribution in [1.82, 2.24) is 4.90 Å². The lowest BCUT2D eigenvalue weighted by Crippen LogP contribution is -2.43. The molecule has 0 radical (unpaired) electrons. The molecule has 0 spiro atoms. The third-order valence-electron chi connectivity index (χ3n) is 5.80. The summed E-state index contributed by atoms with van der Waals surface area (Å²) in [4.78, 5) is 29.3. The highest BCUT2D eigenvalue weighted by Gasteiger charge is 2.43. The second kappa shape index (κ2) is 8.92. The van der Waals surface area contributed by atoms with Crippen LogP contribution < -0.4 is 10.1 Å². The molecule has 1 N–H and O–H groups in total. The molecule has 0 aliphatic carbocycles. The van der Waals surface area contributed by atoms with E-state index >= 15 is 0 Å². The van der Waals surface area contributed by atoms with Crippen molar-refractivity contribution in [3.05, 3.63) is 112 Å². The van der Waals surface area contributed by atoms with Gasteiger partial charge in [0.05, 0.1) is 12.0 Å². The van der Waals surface area contributed by atoms with E-state index in [1.165, 1.54) is 0 Å². The third-order valence-corrected chi connectivity index (χ3v) is 6.74. The Morgan fingerprint density at radius 3 is 2.30 bits per heavy atom. The van der Waals surface area contributed by atoms with Crippen LogP contribution >= 0.6 is 11.3 Å². The minimum Gasteiger partial charge on any atom is -0.457 e. The molecule has 164 valence electrons. The Labute approximate surface area is 196 Å². The Morgan fingerprint density at radius 2 is 1.58 bits per heavy atom. The molecule has 0 saturated carbocycles.